The summed E-state index contributed by atoms with van der Waals surface area (Å²) in [7, 11) is 0. The van der Waals surface area contributed by atoms with E-state index in [2.05, 4.69) is 40.3 Å². The van der Waals surface area contributed by atoms with Crippen LogP contribution < -0.4 is 5.73 Å². The first-order valence-electron chi connectivity index (χ1n) is 7.19. The highest BCUT2D eigenvalue weighted by Crippen LogP contribution is 2.25. The highest BCUT2D eigenvalue weighted by atomic mass is 14.7. The third-order valence-electron chi connectivity index (χ3n) is 3.83. The van der Waals surface area contributed by atoms with Crippen molar-refractivity contribution in [3.05, 3.63) is 72.1 Å². The van der Waals surface area contributed by atoms with Crippen molar-refractivity contribution in [2.75, 3.05) is 5.73 Å². The molecule has 2 heterocycles. The van der Waals surface area contributed by atoms with Gasteiger partial charge in [0.2, 0.25) is 0 Å². The van der Waals surface area contributed by atoms with E-state index in [-0.39, 0.29) is 0 Å². The SMILES string of the molecule is Nc1ccc(/C=C/c2ccc3c(c2)[nH]c2ccncc23)cc1. The monoisotopic (exact) mass is 285 g/mol. The van der Waals surface area contributed by atoms with E-state index in [1.165, 1.54) is 5.39 Å². The molecular formula is C19H15N3. The summed E-state index contributed by atoms with van der Waals surface area (Å²) < 4.78 is 0. The van der Waals surface area contributed by atoms with Gasteiger partial charge >= 0.3 is 0 Å². The van der Waals surface area contributed by atoms with E-state index < -0.39 is 0 Å². The molecule has 2 aromatic heterocycles. The van der Waals surface area contributed by atoms with Crippen molar-refractivity contribution < 1.29 is 0 Å². The topological polar surface area (TPSA) is 54.7 Å². The highest BCUT2D eigenvalue weighted by molar-refractivity contribution is 6.07. The number of H-pyrrole nitrogens is 1. The minimum atomic E-state index is 0.783. The number of nitrogens with one attached hydrogen (secondary N) is 1. The van der Waals surface area contributed by atoms with Gasteiger partial charge in [-0.05, 0) is 35.4 Å². The largest absolute Gasteiger partial charge is 0.399 e. The highest BCUT2D eigenvalue weighted by Gasteiger charge is 2.03. The smallest absolute Gasteiger partial charge is 0.0495 e. The average molecular weight is 285 g/mol. The molecule has 0 aliphatic rings. The van der Waals surface area contributed by atoms with E-state index in [0.717, 1.165) is 33.2 Å². The summed E-state index contributed by atoms with van der Waals surface area (Å²) in [6, 6.07) is 16.3. The van der Waals surface area contributed by atoms with E-state index in [0.29, 0.717) is 0 Å². The van der Waals surface area contributed by atoms with Crippen LogP contribution in [0.3, 0.4) is 0 Å². The maximum absolute atomic E-state index is 5.70. The van der Waals surface area contributed by atoms with Gasteiger partial charge in [-0.3, -0.25) is 4.98 Å². The molecule has 0 saturated heterocycles. The Labute approximate surface area is 128 Å². The summed E-state index contributed by atoms with van der Waals surface area (Å²) in [5, 5.41) is 2.36. The summed E-state index contributed by atoms with van der Waals surface area (Å²) in [5.74, 6) is 0. The van der Waals surface area contributed by atoms with Crippen LogP contribution in [0.25, 0.3) is 34.0 Å². The van der Waals surface area contributed by atoms with Crippen molar-refractivity contribution in [1.29, 1.82) is 0 Å². The Kier molecular flexibility index (Phi) is 2.90. The van der Waals surface area contributed by atoms with E-state index in [9.17, 15) is 0 Å². The molecule has 0 amide bonds. The van der Waals surface area contributed by atoms with Crippen molar-refractivity contribution in [1.82, 2.24) is 9.97 Å². The molecule has 3 nitrogen and oxygen atoms in total. The molecule has 22 heavy (non-hydrogen) atoms. The zero-order valence-electron chi connectivity index (χ0n) is 12.0. The van der Waals surface area contributed by atoms with Crippen LogP contribution in [0.5, 0.6) is 0 Å². The number of pyridine rings is 1. The van der Waals surface area contributed by atoms with Gasteiger partial charge in [0.1, 0.15) is 0 Å². The number of aromatic nitrogens is 2. The minimum absolute atomic E-state index is 0.783. The third kappa shape index (κ3) is 2.23. The molecule has 0 aliphatic carbocycles. The van der Waals surface area contributed by atoms with Crippen LogP contribution in [0.2, 0.25) is 0 Å². The molecular weight excluding hydrogens is 270 g/mol. The first-order valence-corrected chi connectivity index (χ1v) is 7.19. The Bertz CT molecular complexity index is 979. The summed E-state index contributed by atoms with van der Waals surface area (Å²) in [6.07, 6.45) is 7.90. The molecule has 0 spiro atoms. The molecule has 4 rings (SSSR count). The molecule has 0 bridgehead atoms. The van der Waals surface area contributed by atoms with Gasteiger partial charge in [0.15, 0.2) is 0 Å². The zero-order chi connectivity index (χ0) is 14.9. The molecule has 0 atom stereocenters. The number of nitrogens with zero attached hydrogens (tertiary/aromatic N) is 1. The molecule has 0 radical (unpaired) electrons. The van der Waals surface area contributed by atoms with Crippen LogP contribution >= 0.6 is 0 Å². The third-order valence-corrected chi connectivity index (χ3v) is 3.83. The van der Waals surface area contributed by atoms with Gasteiger partial charge in [0.25, 0.3) is 0 Å². The van der Waals surface area contributed by atoms with Crippen LogP contribution in [0.1, 0.15) is 11.1 Å². The summed E-state index contributed by atoms with van der Waals surface area (Å²) in [6.45, 7) is 0. The molecule has 2 aromatic carbocycles. The Morgan fingerprint density at radius 1 is 0.818 bits per heavy atom. The van der Waals surface area contributed by atoms with E-state index in [1.807, 2.05) is 36.5 Å². The number of anilines is 1. The molecule has 0 unspecified atom stereocenters. The first-order chi connectivity index (χ1) is 10.8. The van der Waals surface area contributed by atoms with E-state index >= 15 is 0 Å². The molecule has 0 aliphatic heterocycles. The van der Waals surface area contributed by atoms with Gasteiger partial charge < -0.3 is 10.7 Å². The maximum Gasteiger partial charge on any atom is 0.0495 e. The Balaban J connectivity index is 1.73. The number of fused-ring (bicyclic) bond motifs is 3. The lowest BCUT2D eigenvalue weighted by atomic mass is 10.1. The standard InChI is InChI=1S/C19H15N3/c20-15-6-3-13(4-7-15)1-2-14-5-8-16-17-12-21-10-9-18(17)22-19(16)11-14/h1-12,22H,20H2/b2-1+. The van der Waals surface area contributed by atoms with Crippen LogP contribution in [-0.4, -0.2) is 9.97 Å². The average Bonchev–Trinajstić information content (AvgIpc) is 2.92. The molecule has 3 N–H and O–H groups in total. The lowest BCUT2D eigenvalue weighted by molar-refractivity contribution is 1.36. The van der Waals surface area contributed by atoms with Gasteiger partial charge in [0.05, 0.1) is 0 Å². The summed E-state index contributed by atoms with van der Waals surface area (Å²) >= 11 is 0. The van der Waals surface area contributed by atoms with E-state index in [4.69, 9.17) is 5.73 Å². The Morgan fingerprint density at radius 3 is 2.45 bits per heavy atom. The number of nitrogen functional groups attached to an aromatic ring is 1. The second-order valence-electron chi connectivity index (χ2n) is 5.35. The number of benzene rings is 2. The fourth-order valence-electron chi connectivity index (χ4n) is 2.67. The Hall–Kier alpha value is -3.07. The normalized spacial score (nSPS) is 11.6. The predicted octanol–water partition coefficient (Wildman–Crippen LogP) is 4.47. The van der Waals surface area contributed by atoms with Gasteiger partial charge in [0, 0.05) is 39.9 Å². The van der Waals surface area contributed by atoms with Crippen LogP contribution in [-0.2, 0) is 0 Å². The second kappa shape index (κ2) is 5.04. The number of hydrogen-bond donors (Lipinski definition) is 2. The minimum Gasteiger partial charge on any atom is -0.399 e. The lowest BCUT2D eigenvalue weighted by Gasteiger charge is -1.97. The van der Waals surface area contributed by atoms with Crippen molar-refractivity contribution in [2.45, 2.75) is 0 Å². The van der Waals surface area contributed by atoms with Crippen LogP contribution in [0.15, 0.2) is 60.9 Å². The van der Waals surface area contributed by atoms with Crippen molar-refractivity contribution in [2.24, 2.45) is 0 Å². The van der Waals surface area contributed by atoms with Crippen LogP contribution in [0, 0.1) is 0 Å². The maximum atomic E-state index is 5.70. The van der Waals surface area contributed by atoms with E-state index in [1.54, 1.807) is 6.20 Å². The van der Waals surface area contributed by atoms with Crippen molar-refractivity contribution >= 4 is 39.6 Å². The van der Waals surface area contributed by atoms with Crippen LogP contribution in [0.4, 0.5) is 5.69 Å². The van der Waals surface area contributed by atoms with Crippen molar-refractivity contribution in [3.63, 3.8) is 0 Å². The number of aromatic amines is 1. The van der Waals surface area contributed by atoms with Gasteiger partial charge in [-0.15, -0.1) is 0 Å². The number of nitrogens with two attached hydrogens (primary N) is 1. The quantitative estimate of drug-likeness (QED) is 0.422. The lowest BCUT2D eigenvalue weighted by Crippen LogP contribution is -1.82. The molecule has 106 valence electrons. The van der Waals surface area contributed by atoms with Gasteiger partial charge in [-0.2, -0.15) is 0 Å². The van der Waals surface area contributed by atoms with Gasteiger partial charge in [-0.25, -0.2) is 0 Å². The fourth-order valence-corrected chi connectivity index (χ4v) is 2.67. The molecule has 4 aromatic rings. The fraction of sp³-hybridized carbons (Fsp3) is 0. The summed E-state index contributed by atoms with van der Waals surface area (Å²) in [4.78, 5) is 7.63. The molecule has 0 fully saturated rings. The zero-order valence-corrected chi connectivity index (χ0v) is 12.0. The van der Waals surface area contributed by atoms with Crippen molar-refractivity contribution in [3.8, 4) is 0 Å². The molecule has 0 saturated carbocycles. The molecule has 3 heteroatoms. The first kappa shape index (κ1) is 12.7. The van der Waals surface area contributed by atoms with Gasteiger partial charge in [-0.1, -0.05) is 36.4 Å². The summed E-state index contributed by atoms with van der Waals surface area (Å²) in [5.41, 5.74) is 11.0. The number of rotatable bonds is 2. The second-order valence-corrected chi connectivity index (χ2v) is 5.35. The predicted molar refractivity (Wildman–Crippen MR) is 93.4 cm³/mol. The Morgan fingerprint density at radius 2 is 1.59 bits per heavy atom. The number of hydrogen-bond acceptors (Lipinski definition) is 2.